The van der Waals surface area contributed by atoms with Gasteiger partial charge in [0.25, 0.3) is 0 Å². The van der Waals surface area contributed by atoms with E-state index in [0.717, 1.165) is 26.2 Å². The van der Waals surface area contributed by atoms with Crippen molar-refractivity contribution in [3.8, 4) is 0 Å². The number of aryl methyl sites for hydroxylation is 1. The summed E-state index contributed by atoms with van der Waals surface area (Å²) >= 11 is 0. The van der Waals surface area contributed by atoms with Gasteiger partial charge in [-0.25, -0.2) is 0 Å². The number of hydrogen-bond donors (Lipinski definition) is 0. The second-order valence-electron chi connectivity index (χ2n) is 6.63. The molecular weight excluding hydrogens is 270 g/mol. The summed E-state index contributed by atoms with van der Waals surface area (Å²) in [5, 5.41) is 0. The quantitative estimate of drug-likeness (QED) is 0.672. The van der Waals surface area contributed by atoms with Gasteiger partial charge in [0, 0.05) is 6.54 Å². The summed E-state index contributed by atoms with van der Waals surface area (Å²) < 4.78 is 6.40. The summed E-state index contributed by atoms with van der Waals surface area (Å²) in [4.78, 5) is 2.44. The Labute approximate surface area is 136 Å². The number of nitrogens with zero attached hydrogens (tertiary/aromatic N) is 1. The van der Waals surface area contributed by atoms with Gasteiger partial charge in [0.05, 0.1) is 12.7 Å². The van der Waals surface area contributed by atoms with Crippen molar-refractivity contribution in [2.75, 3.05) is 26.2 Å². The van der Waals surface area contributed by atoms with Gasteiger partial charge in [-0.2, -0.15) is 0 Å². The third kappa shape index (κ3) is 5.10. The van der Waals surface area contributed by atoms with Crippen LogP contribution in [0, 0.1) is 12.8 Å². The zero-order valence-electron chi connectivity index (χ0n) is 14.7. The topological polar surface area (TPSA) is 12.5 Å². The average molecular weight is 303 g/mol. The molecule has 0 N–H and O–H groups in total. The van der Waals surface area contributed by atoms with Gasteiger partial charge in [-0.05, 0) is 44.3 Å². The maximum Gasteiger partial charge on any atom is 0.0853 e. The van der Waals surface area contributed by atoms with E-state index in [-0.39, 0.29) is 6.10 Å². The Bertz CT molecular complexity index is 404. The fourth-order valence-electron chi connectivity index (χ4n) is 3.55. The molecule has 0 radical (unpaired) electrons. The van der Waals surface area contributed by atoms with Gasteiger partial charge < -0.3 is 9.64 Å². The Hall–Kier alpha value is -0.860. The van der Waals surface area contributed by atoms with Crippen molar-refractivity contribution in [1.29, 1.82) is 0 Å². The fourth-order valence-corrected chi connectivity index (χ4v) is 3.55. The molecule has 1 saturated carbocycles. The van der Waals surface area contributed by atoms with Gasteiger partial charge in [-0.3, -0.25) is 0 Å². The van der Waals surface area contributed by atoms with Crippen LogP contribution in [0.2, 0.25) is 0 Å². The maximum absolute atomic E-state index is 6.40. The molecular formula is C20H33NO. The van der Waals surface area contributed by atoms with Crippen molar-refractivity contribution in [2.45, 2.75) is 59.0 Å². The highest BCUT2D eigenvalue weighted by Crippen LogP contribution is 2.36. The highest BCUT2D eigenvalue weighted by Gasteiger charge is 2.25. The van der Waals surface area contributed by atoms with Crippen LogP contribution in [-0.4, -0.2) is 31.1 Å². The molecule has 0 heterocycles. The Kier molecular flexibility index (Phi) is 7.41. The lowest BCUT2D eigenvalue weighted by Gasteiger charge is -2.31. The third-order valence-electron chi connectivity index (χ3n) is 5.08. The van der Waals surface area contributed by atoms with Crippen molar-refractivity contribution >= 4 is 0 Å². The SMILES string of the molecule is CCN(CC)CCOC(c1ccc(C)cc1)C1CCCCC1. The highest BCUT2D eigenvalue weighted by molar-refractivity contribution is 5.23. The van der Waals surface area contributed by atoms with Crippen LogP contribution in [0.1, 0.15) is 63.2 Å². The second kappa shape index (κ2) is 9.32. The maximum atomic E-state index is 6.40. The molecule has 0 aromatic heterocycles. The lowest BCUT2D eigenvalue weighted by atomic mass is 9.82. The summed E-state index contributed by atoms with van der Waals surface area (Å²) in [6.45, 7) is 10.7. The van der Waals surface area contributed by atoms with Crippen LogP contribution in [0.25, 0.3) is 0 Å². The summed E-state index contributed by atoms with van der Waals surface area (Å²) in [5.41, 5.74) is 2.70. The molecule has 2 nitrogen and oxygen atoms in total. The molecule has 1 unspecified atom stereocenters. The predicted molar refractivity (Wildman–Crippen MR) is 94.2 cm³/mol. The van der Waals surface area contributed by atoms with Crippen molar-refractivity contribution in [3.05, 3.63) is 35.4 Å². The molecule has 0 saturated heterocycles. The zero-order valence-corrected chi connectivity index (χ0v) is 14.7. The Balaban J connectivity index is 1.99. The fraction of sp³-hybridized carbons (Fsp3) is 0.700. The van der Waals surface area contributed by atoms with E-state index in [1.54, 1.807) is 0 Å². The van der Waals surface area contributed by atoms with Gasteiger partial charge in [-0.1, -0.05) is 62.9 Å². The van der Waals surface area contributed by atoms with E-state index < -0.39 is 0 Å². The number of benzene rings is 1. The zero-order chi connectivity index (χ0) is 15.8. The lowest BCUT2D eigenvalue weighted by Crippen LogP contribution is -2.29. The lowest BCUT2D eigenvalue weighted by molar-refractivity contribution is -0.00997. The van der Waals surface area contributed by atoms with E-state index in [9.17, 15) is 0 Å². The first-order chi connectivity index (χ1) is 10.7. The summed E-state index contributed by atoms with van der Waals surface area (Å²) in [7, 11) is 0. The molecule has 0 amide bonds. The first-order valence-electron chi connectivity index (χ1n) is 9.15. The van der Waals surface area contributed by atoms with E-state index in [1.807, 2.05) is 0 Å². The monoisotopic (exact) mass is 303 g/mol. The predicted octanol–water partition coefficient (Wildman–Crippen LogP) is 4.97. The molecule has 1 fully saturated rings. The molecule has 1 aliphatic rings. The minimum Gasteiger partial charge on any atom is -0.372 e. The molecule has 1 aliphatic carbocycles. The van der Waals surface area contributed by atoms with E-state index >= 15 is 0 Å². The van der Waals surface area contributed by atoms with Crippen LogP contribution >= 0.6 is 0 Å². The average Bonchev–Trinajstić information content (AvgIpc) is 2.57. The number of hydrogen-bond acceptors (Lipinski definition) is 2. The summed E-state index contributed by atoms with van der Waals surface area (Å²) in [6.07, 6.45) is 7.07. The van der Waals surface area contributed by atoms with Gasteiger partial charge in [0.15, 0.2) is 0 Å². The van der Waals surface area contributed by atoms with Gasteiger partial charge in [0.1, 0.15) is 0 Å². The number of likely N-dealkylation sites (N-methyl/N-ethyl adjacent to an activating group) is 1. The molecule has 2 rings (SSSR count). The largest absolute Gasteiger partial charge is 0.372 e. The van der Waals surface area contributed by atoms with E-state index in [2.05, 4.69) is 49.9 Å². The van der Waals surface area contributed by atoms with Crippen LogP contribution in [0.5, 0.6) is 0 Å². The van der Waals surface area contributed by atoms with Crippen molar-refractivity contribution < 1.29 is 4.74 Å². The van der Waals surface area contributed by atoms with E-state index in [1.165, 1.54) is 43.2 Å². The number of rotatable bonds is 8. The van der Waals surface area contributed by atoms with Gasteiger partial charge >= 0.3 is 0 Å². The number of ether oxygens (including phenoxy) is 1. The van der Waals surface area contributed by atoms with Gasteiger partial charge in [0.2, 0.25) is 0 Å². The molecule has 1 aromatic rings. The Morgan fingerprint density at radius 3 is 2.27 bits per heavy atom. The van der Waals surface area contributed by atoms with Crippen LogP contribution in [-0.2, 0) is 4.74 Å². The molecule has 0 aliphatic heterocycles. The van der Waals surface area contributed by atoms with Crippen LogP contribution < -0.4 is 0 Å². The van der Waals surface area contributed by atoms with Crippen LogP contribution in [0.3, 0.4) is 0 Å². The Morgan fingerprint density at radius 1 is 1.05 bits per heavy atom. The first kappa shape index (κ1) is 17.5. The third-order valence-corrected chi connectivity index (χ3v) is 5.08. The molecule has 124 valence electrons. The van der Waals surface area contributed by atoms with Crippen molar-refractivity contribution in [2.24, 2.45) is 5.92 Å². The van der Waals surface area contributed by atoms with Crippen molar-refractivity contribution in [3.63, 3.8) is 0 Å². The van der Waals surface area contributed by atoms with E-state index in [0.29, 0.717) is 5.92 Å². The molecule has 0 spiro atoms. The molecule has 1 aromatic carbocycles. The van der Waals surface area contributed by atoms with E-state index in [4.69, 9.17) is 4.74 Å². The molecule has 0 bridgehead atoms. The first-order valence-corrected chi connectivity index (χ1v) is 9.15. The standard InChI is InChI=1S/C20H33NO/c1-4-21(5-2)15-16-22-20(18-9-7-6-8-10-18)19-13-11-17(3)12-14-19/h11-14,18,20H,4-10,15-16H2,1-3H3. The highest BCUT2D eigenvalue weighted by atomic mass is 16.5. The van der Waals surface area contributed by atoms with Crippen LogP contribution in [0.15, 0.2) is 24.3 Å². The normalized spacial score (nSPS) is 17.8. The van der Waals surface area contributed by atoms with Crippen molar-refractivity contribution in [1.82, 2.24) is 4.90 Å². The molecule has 1 atom stereocenters. The van der Waals surface area contributed by atoms with Gasteiger partial charge in [-0.15, -0.1) is 0 Å². The molecule has 22 heavy (non-hydrogen) atoms. The minimum atomic E-state index is 0.288. The van der Waals surface area contributed by atoms with Crippen LogP contribution in [0.4, 0.5) is 0 Å². The minimum absolute atomic E-state index is 0.288. The second-order valence-corrected chi connectivity index (χ2v) is 6.63. The smallest absolute Gasteiger partial charge is 0.0853 e. The summed E-state index contributed by atoms with van der Waals surface area (Å²) in [5.74, 6) is 0.702. The molecule has 2 heteroatoms. The Morgan fingerprint density at radius 2 is 1.68 bits per heavy atom. The summed E-state index contributed by atoms with van der Waals surface area (Å²) in [6, 6.07) is 8.98.